The van der Waals surface area contributed by atoms with Gasteiger partial charge in [0.05, 0.1) is 16.6 Å². The number of rotatable bonds is 6. The summed E-state index contributed by atoms with van der Waals surface area (Å²) >= 11 is 0. The van der Waals surface area contributed by atoms with Gasteiger partial charge in [-0.05, 0) is 55.3 Å². The van der Waals surface area contributed by atoms with Crippen molar-refractivity contribution < 1.29 is 23.5 Å². The fourth-order valence-electron chi connectivity index (χ4n) is 4.79. The van der Waals surface area contributed by atoms with Crippen molar-refractivity contribution in [3.63, 3.8) is 0 Å². The van der Waals surface area contributed by atoms with E-state index in [4.69, 9.17) is 4.98 Å². The van der Waals surface area contributed by atoms with Crippen LogP contribution in [0.25, 0.3) is 22.4 Å². The van der Waals surface area contributed by atoms with E-state index in [0.29, 0.717) is 16.8 Å². The molecule has 0 saturated heterocycles. The second kappa shape index (κ2) is 9.18. The highest BCUT2D eigenvalue weighted by Gasteiger charge is 2.25. The number of carbonyl (C=O) groups is 2. The number of nitrogens with zero attached hydrogens (tertiary/aromatic N) is 2. The second-order valence-corrected chi connectivity index (χ2v) is 9.25. The van der Waals surface area contributed by atoms with Gasteiger partial charge in [0.15, 0.2) is 0 Å². The Labute approximate surface area is 206 Å². The molecule has 0 spiro atoms. The Balaban J connectivity index is 1.43. The van der Waals surface area contributed by atoms with Crippen LogP contribution in [0.15, 0.2) is 66.7 Å². The molecule has 1 amide bonds. The third kappa shape index (κ3) is 4.58. The molecule has 8 heteroatoms. The molecule has 1 aromatic heterocycles. The third-order valence-electron chi connectivity index (χ3n) is 6.68. The Morgan fingerprint density at radius 2 is 1.61 bits per heavy atom. The lowest BCUT2D eigenvalue weighted by Crippen LogP contribution is -2.12. The van der Waals surface area contributed by atoms with E-state index < -0.39 is 11.9 Å². The number of aromatic nitrogens is 2. The lowest BCUT2D eigenvalue weighted by molar-refractivity contribution is 0.0175. The Morgan fingerprint density at radius 3 is 2.22 bits per heavy atom. The summed E-state index contributed by atoms with van der Waals surface area (Å²) in [7, 11) is 0. The summed E-state index contributed by atoms with van der Waals surface area (Å²) in [4.78, 5) is 29.0. The van der Waals surface area contributed by atoms with Crippen LogP contribution in [0.4, 0.5) is 14.5 Å². The molecule has 0 atom stereocenters. The summed E-state index contributed by atoms with van der Waals surface area (Å²) in [5.41, 5.74) is 3.25. The number of aromatic carboxylic acids is 1. The van der Waals surface area contributed by atoms with Crippen molar-refractivity contribution in [2.45, 2.75) is 44.6 Å². The van der Waals surface area contributed by atoms with E-state index in [2.05, 4.69) is 9.88 Å². The Bertz CT molecular complexity index is 1430. The summed E-state index contributed by atoms with van der Waals surface area (Å²) in [5.74, 6) is -3.56. The number of alkyl halides is 2. The van der Waals surface area contributed by atoms with Gasteiger partial charge in [0, 0.05) is 35.3 Å². The van der Waals surface area contributed by atoms with Crippen LogP contribution in [-0.2, 0) is 5.92 Å². The van der Waals surface area contributed by atoms with Gasteiger partial charge in [-0.15, -0.1) is 0 Å². The molecule has 0 bridgehead atoms. The van der Waals surface area contributed by atoms with Gasteiger partial charge in [-0.1, -0.05) is 37.1 Å². The fraction of sp³-hybridized carbons (Fsp3) is 0.250. The first-order chi connectivity index (χ1) is 17.2. The van der Waals surface area contributed by atoms with Crippen molar-refractivity contribution >= 4 is 28.6 Å². The number of fused-ring (bicyclic) bond motifs is 1. The van der Waals surface area contributed by atoms with E-state index >= 15 is 0 Å². The number of carbonyl (C=O) groups excluding carboxylic acids is 1. The summed E-state index contributed by atoms with van der Waals surface area (Å²) in [6, 6.07) is 17.8. The van der Waals surface area contributed by atoms with E-state index in [0.717, 1.165) is 49.5 Å². The van der Waals surface area contributed by atoms with Crippen molar-refractivity contribution in [2.24, 2.45) is 0 Å². The molecule has 1 heterocycles. The number of benzene rings is 3. The Morgan fingerprint density at radius 1 is 0.972 bits per heavy atom. The smallest absolute Gasteiger partial charge is 0.335 e. The zero-order valence-electron chi connectivity index (χ0n) is 19.7. The van der Waals surface area contributed by atoms with Crippen LogP contribution in [-0.4, -0.2) is 26.5 Å². The summed E-state index contributed by atoms with van der Waals surface area (Å²) in [6.45, 7) is 0.828. The summed E-state index contributed by atoms with van der Waals surface area (Å²) < 4.78 is 29.0. The molecule has 1 saturated carbocycles. The maximum absolute atomic E-state index is 13.4. The van der Waals surface area contributed by atoms with Gasteiger partial charge in [0.25, 0.3) is 11.8 Å². The Hall–Kier alpha value is -4.07. The van der Waals surface area contributed by atoms with Gasteiger partial charge in [-0.25, -0.2) is 18.6 Å². The molecule has 36 heavy (non-hydrogen) atoms. The van der Waals surface area contributed by atoms with Crippen molar-refractivity contribution in [3.05, 3.63) is 83.4 Å². The van der Waals surface area contributed by atoms with Gasteiger partial charge < -0.3 is 15.0 Å². The van der Waals surface area contributed by atoms with E-state index in [1.54, 1.807) is 24.3 Å². The fourth-order valence-corrected chi connectivity index (χ4v) is 4.79. The standard InChI is InChI=1S/C28H25F2N3O3/c1-28(29,30)20-11-13-21(14-12-20)31-26(34)18-8-6-17(7-9-18)25-32-23-16-19(27(35)36)10-15-24(23)33(25)22-4-2-3-5-22/h6-16,22H,2-5H2,1H3,(H,31,34)(H,35,36). The van der Waals surface area contributed by atoms with Gasteiger partial charge in [0.1, 0.15) is 5.82 Å². The molecular weight excluding hydrogens is 464 g/mol. The van der Waals surface area contributed by atoms with Crippen molar-refractivity contribution in [1.29, 1.82) is 0 Å². The predicted molar refractivity (Wildman–Crippen MR) is 134 cm³/mol. The largest absolute Gasteiger partial charge is 0.478 e. The molecule has 3 aromatic carbocycles. The minimum Gasteiger partial charge on any atom is -0.478 e. The monoisotopic (exact) mass is 489 g/mol. The van der Waals surface area contributed by atoms with E-state index in [9.17, 15) is 23.5 Å². The van der Waals surface area contributed by atoms with Gasteiger partial charge in [-0.3, -0.25) is 4.79 Å². The highest BCUT2D eigenvalue weighted by Crippen LogP contribution is 2.37. The van der Waals surface area contributed by atoms with Crippen molar-refractivity contribution in [3.8, 4) is 11.4 Å². The highest BCUT2D eigenvalue weighted by atomic mass is 19.3. The minimum absolute atomic E-state index is 0.120. The lowest BCUT2D eigenvalue weighted by Gasteiger charge is -2.17. The molecule has 2 N–H and O–H groups in total. The molecule has 0 aliphatic heterocycles. The number of halogens is 2. The van der Waals surface area contributed by atoms with Gasteiger partial charge in [-0.2, -0.15) is 0 Å². The average Bonchev–Trinajstić information content (AvgIpc) is 3.51. The molecular formula is C28H25F2N3O3. The van der Waals surface area contributed by atoms with Crippen LogP contribution >= 0.6 is 0 Å². The van der Waals surface area contributed by atoms with Crippen LogP contribution in [0.2, 0.25) is 0 Å². The number of carboxylic acids is 1. The van der Waals surface area contributed by atoms with Gasteiger partial charge >= 0.3 is 5.97 Å². The number of nitrogens with one attached hydrogen (secondary N) is 1. The van der Waals surface area contributed by atoms with Crippen molar-refractivity contribution in [2.75, 3.05) is 5.32 Å². The first-order valence-electron chi connectivity index (χ1n) is 11.9. The zero-order chi connectivity index (χ0) is 25.4. The summed E-state index contributed by atoms with van der Waals surface area (Å²) in [6.07, 6.45) is 4.32. The molecule has 1 fully saturated rings. The molecule has 4 aromatic rings. The molecule has 5 rings (SSSR count). The normalized spacial score (nSPS) is 14.3. The lowest BCUT2D eigenvalue weighted by atomic mass is 10.1. The Kier molecular flexibility index (Phi) is 6.04. The first kappa shape index (κ1) is 23.7. The minimum atomic E-state index is -2.94. The number of anilines is 1. The van der Waals surface area contributed by atoms with E-state index in [1.165, 1.54) is 24.3 Å². The molecule has 6 nitrogen and oxygen atoms in total. The first-order valence-corrected chi connectivity index (χ1v) is 11.9. The number of amides is 1. The SMILES string of the molecule is CC(F)(F)c1ccc(NC(=O)c2ccc(-c3nc4cc(C(=O)O)ccc4n3C3CCCC3)cc2)cc1. The molecule has 1 aliphatic rings. The van der Waals surface area contributed by atoms with E-state index in [1.807, 2.05) is 18.2 Å². The summed E-state index contributed by atoms with van der Waals surface area (Å²) in [5, 5.41) is 12.1. The molecule has 1 aliphatic carbocycles. The van der Waals surface area contributed by atoms with Crippen molar-refractivity contribution in [1.82, 2.24) is 9.55 Å². The van der Waals surface area contributed by atoms with Crippen LogP contribution in [0.3, 0.4) is 0 Å². The van der Waals surface area contributed by atoms with Crippen LogP contribution < -0.4 is 5.32 Å². The third-order valence-corrected chi connectivity index (χ3v) is 6.68. The molecule has 184 valence electrons. The number of hydrogen-bond acceptors (Lipinski definition) is 3. The van der Waals surface area contributed by atoms with Crippen LogP contribution in [0, 0.1) is 0 Å². The highest BCUT2D eigenvalue weighted by molar-refractivity contribution is 6.04. The number of imidazole rings is 1. The predicted octanol–water partition coefficient (Wildman–Crippen LogP) is 6.88. The average molecular weight is 490 g/mol. The maximum Gasteiger partial charge on any atom is 0.335 e. The second-order valence-electron chi connectivity index (χ2n) is 9.25. The van der Waals surface area contributed by atoms with E-state index in [-0.39, 0.29) is 23.1 Å². The molecule has 0 radical (unpaired) electrons. The topological polar surface area (TPSA) is 84.2 Å². The number of carboxylic acid groups (broad SMARTS) is 1. The van der Waals surface area contributed by atoms with Crippen LogP contribution in [0.5, 0.6) is 0 Å². The number of hydrogen-bond donors (Lipinski definition) is 2. The molecule has 0 unspecified atom stereocenters. The quantitative estimate of drug-likeness (QED) is 0.309. The van der Waals surface area contributed by atoms with Crippen LogP contribution in [0.1, 0.15) is 64.9 Å². The maximum atomic E-state index is 13.4. The van der Waals surface area contributed by atoms with Gasteiger partial charge in [0.2, 0.25) is 0 Å². The zero-order valence-corrected chi connectivity index (χ0v) is 19.7.